The second kappa shape index (κ2) is 7.66. The number of benzene rings is 2. The van der Waals surface area contributed by atoms with Crippen molar-refractivity contribution >= 4 is 21.6 Å². The van der Waals surface area contributed by atoms with E-state index in [1.54, 1.807) is 18.2 Å². The van der Waals surface area contributed by atoms with Gasteiger partial charge < -0.3 is 4.52 Å². The normalized spacial score (nSPS) is 16.4. The Morgan fingerprint density at radius 3 is 2.50 bits per heavy atom. The summed E-state index contributed by atoms with van der Waals surface area (Å²) in [7, 11) is -3.55. The Balaban J connectivity index is 1.45. The second-order valence-corrected chi connectivity index (χ2v) is 9.33. The van der Waals surface area contributed by atoms with Gasteiger partial charge in [0.2, 0.25) is 10.0 Å². The van der Waals surface area contributed by atoms with Gasteiger partial charge in [0.15, 0.2) is 5.82 Å². The molecule has 2 heterocycles. The van der Waals surface area contributed by atoms with Gasteiger partial charge in [0.25, 0.3) is 5.89 Å². The number of halogens is 1. The van der Waals surface area contributed by atoms with E-state index in [0.29, 0.717) is 42.7 Å². The molecule has 1 aliphatic rings. The van der Waals surface area contributed by atoms with Crippen LogP contribution in [0.2, 0.25) is 5.02 Å². The zero-order chi connectivity index (χ0) is 19.7. The number of hydrogen-bond donors (Lipinski definition) is 0. The molecule has 0 spiro atoms. The molecule has 146 valence electrons. The Labute approximate surface area is 169 Å². The van der Waals surface area contributed by atoms with Gasteiger partial charge in [-0.25, -0.2) is 8.42 Å². The van der Waals surface area contributed by atoms with E-state index in [1.165, 1.54) is 10.4 Å². The Morgan fingerprint density at radius 2 is 1.82 bits per heavy atom. The number of piperidine rings is 1. The van der Waals surface area contributed by atoms with Crippen LogP contribution in [0.15, 0.2) is 57.9 Å². The van der Waals surface area contributed by atoms with E-state index in [1.807, 2.05) is 31.2 Å². The highest BCUT2D eigenvalue weighted by Gasteiger charge is 2.32. The SMILES string of the molecule is Cc1ccc(-c2nc(C3CCN(S(=O)(=O)c4cccc(Cl)c4)CC3)no2)cc1. The molecular formula is C20H20ClN3O3S. The number of hydrogen-bond acceptors (Lipinski definition) is 5. The van der Waals surface area contributed by atoms with Gasteiger partial charge in [-0.05, 0) is 50.1 Å². The Morgan fingerprint density at radius 1 is 1.11 bits per heavy atom. The van der Waals surface area contributed by atoms with E-state index in [0.717, 1.165) is 11.1 Å². The minimum Gasteiger partial charge on any atom is -0.334 e. The number of sulfonamides is 1. The minimum atomic E-state index is -3.55. The Kier molecular flexibility index (Phi) is 5.23. The number of rotatable bonds is 4. The summed E-state index contributed by atoms with van der Waals surface area (Å²) < 4.78 is 32.5. The first-order chi connectivity index (χ1) is 13.4. The van der Waals surface area contributed by atoms with Crippen molar-refractivity contribution in [2.45, 2.75) is 30.6 Å². The first-order valence-electron chi connectivity index (χ1n) is 9.10. The van der Waals surface area contributed by atoms with Crippen molar-refractivity contribution < 1.29 is 12.9 Å². The highest BCUT2D eigenvalue weighted by Crippen LogP contribution is 2.31. The zero-order valence-corrected chi connectivity index (χ0v) is 16.9. The summed E-state index contributed by atoms with van der Waals surface area (Å²) in [5.74, 6) is 1.20. The third-order valence-corrected chi connectivity index (χ3v) is 7.12. The predicted octanol–water partition coefficient (Wildman–Crippen LogP) is 4.27. The van der Waals surface area contributed by atoms with Crippen LogP contribution < -0.4 is 0 Å². The van der Waals surface area contributed by atoms with Gasteiger partial charge in [-0.15, -0.1) is 0 Å². The first-order valence-corrected chi connectivity index (χ1v) is 10.9. The van der Waals surface area contributed by atoms with Gasteiger partial charge in [-0.3, -0.25) is 0 Å². The summed E-state index contributed by atoms with van der Waals surface area (Å²) in [6, 6.07) is 14.3. The summed E-state index contributed by atoms with van der Waals surface area (Å²) >= 11 is 5.94. The summed E-state index contributed by atoms with van der Waals surface area (Å²) in [5.41, 5.74) is 2.04. The average molecular weight is 418 g/mol. The monoisotopic (exact) mass is 417 g/mol. The molecule has 1 saturated heterocycles. The fraction of sp³-hybridized carbons (Fsp3) is 0.300. The van der Waals surface area contributed by atoms with Crippen LogP contribution in [-0.4, -0.2) is 36.0 Å². The molecule has 0 atom stereocenters. The zero-order valence-electron chi connectivity index (χ0n) is 15.4. The third kappa shape index (κ3) is 3.83. The second-order valence-electron chi connectivity index (χ2n) is 6.96. The number of aryl methyl sites for hydroxylation is 1. The molecular weight excluding hydrogens is 398 g/mol. The van der Waals surface area contributed by atoms with E-state index in [-0.39, 0.29) is 10.8 Å². The molecule has 6 nitrogen and oxygen atoms in total. The van der Waals surface area contributed by atoms with Crippen LogP contribution in [0.5, 0.6) is 0 Å². The molecule has 0 saturated carbocycles. The molecule has 0 bridgehead atoms. The van der Waals surface area contributed by atoms with E-state index >= 15 is 0 Å². The minimum absolute atomic E-state index is 0.0776. The maximum absolute atomic E-state index is 12.8. The molecule has 8 heteroatoms. The van der Waals surface area contributed by atoms with Gasteiger partial charge in [-0.2, -0.15) is 9.29 Å². The van der Waals surface area contributed by atoms with E-state index in [4.69, 9.17) is 16.1 Å². The topological polar surface area (TPSA) is 76.3 Å². The molecule has 0 amide bonds. The largest absolute Gasteiger partial charge is 0.334 e. The number of aromatic nitrogens is 2. The van der Waals surface area contributed by atoms with Crippen molar-refractivity contribution in [1.29, 1.82) is 0 Å². The van der Waals surface area contributed by atoms with Crippen LogP contribution in [0.3, 0.4) is 0 Å². The average Bonchev–Trinajstić information content (AvgIpc) is 3.19. The van der Waals surface area contributed by atoms with Crippen LogP contribution in [0, 0.1) is 6.92 Å². The Hall–Kier alpha value is -2.22. The number of nitrogens with zero attached hydrogens (tertiary/aromatic N) is 3. The van der Waals surface area contributed by atoms with Crippen molar-refractivity contribution in [2.75, 3.05) is 13.1 Å². The summed E-state index contributed by atoms with van der Waals surface area (Å²) in [5, 5.41) is 4.53. The van der Waals surface area contributed by atoms with Crippen molar-refractivity contribution in [3.63, 3.8) is 0 Å². The molecule has 4 rings (SSSR count). The molecule has 28 heavy (non-hydrogen) atoms. The first kappa shape index (κ1) is 19.1. The van der Waals surface area contributed by atoms with E-state index in [9.17, 15) is 8.42 Å². The molecule has 1 fully saturated rings. The van der Waals surface area contributed by atoms with Gasteiger partial charge in [-0.1, -0.05) is 40.5 Å². The fourth-order valence-electron chi connectivity index (χ4n) is 3.34. The molecule has 0 N–H and O–H groups in total. The maximum Gasteiger partial charge on any atom is 0.257 e. The van der Waals surface area contributed by atoms with Crippen molar-refractivity contribution in [3.05, 3.63) is 64.9 Å². The molecule has 3 aromatic rings. The molecule has 1 aliphatic heterocycles. The van der Waals surface area contributed by atoms with Crippen LogP contribution in [0.1, 0.15) is 30.1 Å². The van der Waals surface area contributed by atoms with Crippen LogP contribution in [0.25, 0.3) is 11.5 Å². The van der Waals surface area contributed by atoms with Crippen LogP contribution in [0.4, 0.5) is 0 Å². The van der Waals surface area contributed by atoms with Crippen LogP contribution in [-0.2, 0) is 10.0 Å². The lowest BCUT2D eigenvalue weighted by atomic mass is 9.97. The quantitative estimate of drug-likeness (QED) is 0.633. The van der Waals surface area contributed by atoms with Gasteiger partial charge in [0, 0.05) is 29.6 Å². The maximum atomic E-state index is 12.8. The van der Waals surface area contributed by atoms with Gasteiger partial charge >= 0.3 is 0 Å². The lowest BCUT2D eigenvalue weighted by molar-refractivity contribution is 0.307. The highest BCUT2D eigenvalue weighted by molar-refractivity contribution is 7.89. The summed E-state index contributed by atoms with van der Waals surface area (Å²) in [6.07, 6.45) is 1.29. The smallest absolute Gasteiger partial charge is 0.257 e. The lowest BCUT2D eigenvalue weighted by Crippen LogP contribution is -2.38. The van der Waals surface area contributed by atoms with E-state index in [2.05, 4.69) is 10.1 Å². The predicted molar refractivity (Wildman–Crippen MR) is 107 cm³/mol. The van der Waals surface area contributed by atoms with Gasteiger partial charge in [0.1, 0.15) is 0 Å². The third-order valence-electron chi connectivity index (χ3n) is 4.99. The highest BCUT2D eigenvalue weighted by atomic mass is 35.5. The van der Waals surface area contributed by atoms with Crippen LogP contribution >= 0.6 is 11.6 Å². The summed E-state index contributed by atoms with van der Waals surface area (Å²) in [6.45, 7) is 2.84. The Bertz CT molecular complexity index is 1070. The lowest BCUT2D eigenvalue weighted by Gasteiger charge is -2.29. The van der Waals surface area contributed by atoms with Gasteiger partial charge in [0.05, 0.1) is 4.90 Å². The molecule has 0 unspecified atom stereocenters. The standard InChI is InChI=1S/C20H20ClN3O3S/c1-14-5-7-16(8-6-14)20-22-19(23-27-20)15-9-11-24(12-10-15)28(25,26)18-4-2-3-17(21)13-18/h2-8,13,15H,9-12H2,1H3. The molecule has 1 aromatic heterocycles. The molecule has 0 radical (unpaired) electrons. The van der Waals surface area contributed by atoms with Crippen molar-refractivity contribution in [2.24, 2.45) is 0 Å². The van der Waals surface area contributed by atoms with Crippen molar-refractivity contribution in [3.8, 4) is 11.5 Å². The van der Waals surface area contributed by atoms with Crippen molar-refractivity contribution in [1.82, 2.24) is 14.4 Å². The summed E-state index contributed by atoms with van der Waals surface area (Å²) in [4.78, 5) is 4.75. The fourth-order valence-corrected chi connectivity index (χ4v) is 5.12. The molecule has 2 aromatic carbocycles. The molecule has 0 aliphatic carbocycles. The van der Waals surface area contributed by atoms with E-state index < -0.39 is 10.0 Å².